The average molecular weight is 437 g/mol. The number of pyridine rings is 1. The molecule has 0 spiro atoms. The van der Waals surface area contributed by atoms with Gasteiger partial charge in [-0.05, 0) is 50.1 Å². The van der Waals surface area contributed by atoms with E-state index in [0.717, 1.165) is 37.1 Å². The molecule has 0 saturated heterocycles. The van der Waals surface area contributed by atoms with E-state index in [4.69, 9.17) is 10.7 Å². The molecule has 0 fully saturated rings. The Bertz CT molecular complexity index is 1010. The number of anilines is 2. The van der Waals surface area contributed by atoms with Crippen LogP contribution in [0.3, 0.4) is 0 Å². The summed E-state index contributed by atoms with van der Waals surface area (Å²) in [6.07, 6.45) is 7.02. The minimum Gasteiger partial charge on any atom is -0.396 e. The molecule has 0 aliphatic carbocycles. The zero-order valence-electron chi connectivity index (χ0n) is 19.2. The Morgan fingerprint density at radius 2 is 2.09 bits per heavy atom. The largest absolute Gasteiger partial charge is 0.396 e. The van der Waals surface area contributed by atoms with Crippen LogP contribution in [0.25, 0.3) is 11.3 Å². The van der Waals surface area contributed by atoms with Gasteiger partial charge in [0.25, 0.3) is 0 Å². The van der Waals surface area contributed by atoms with Gasteiger partial charge in [-0.1, -0.05) is 50.6 Å². The van der Waals surface area contributed by atoms with Gasteiger partial charge in [-0.25, -0.2) is 19.8 Å². The van der Waals surface area contributed by atoms with Gasteiger partial charge in [-0.2, -0.15) is 0 Å². The Morgan fingerprint density at radius 3 is 2.78 bits per heavy atom. The molecule has 2 aromatic rings. The zero-order valence-corrected chi connectivity index (χ0v) is 19.2. The van der Waals surface area contributed by atoms with Crippen LogP contribution in [0.5, 0.6) is 0 Å². The number of hydrogen-bond acceptors (Lipinski definition) is 5. The van der Waals surface area contributed by atoms with Crippen molar-refractivity contribution in [2.45, 2.75) is 45.7 Å². The summed E-state index contributed by atoms with van der Waals surface area (Å²) in [5, 5.41) is 0. The molecule has 2 heterocycles. The Labute approximate surface area is 190 Å². The number of halogens is 1. The van der Waals surface area contributed by atoms with Crippen LogP contribution in [-0.4, -0.2) is 23.9 Å². The fraction of sp³-hybridized carbons (Fsp3) is 0.360. The summed E-state index contributed by atoms with van der Waals surface area (Å²) in [6, 6.07) is 11.1. The molecule has 1 aromatic carbocycles. The van der Waals surface area contributed by atoms with E-state index in [1.165, 1.54) is 0 Å². The lowest BCUT2D eigenvalue weighted by Gasteiger charge is -2.26. The molecule has 6 nitrogen and oxygen atoms in total. The van der Waals surface area contributed by atoms with Gasteiger partial charge in [0, 0.05) is 18.7 Å². The third kappa shape index (κ3) is 5.95. The Kier molecular flexibility index (Phi) is 7.64. The number of amidine groups is 1. The summed E-state index contributed by atoms with van der Waals surface area (Å²) in [5.74, 6) is 1.83. The molecule has 0 amide bonds. The summed E-state index contributed by atoms with van der Waals surface area (Å²) in [6.45, 7) is 10.9. The molecular formula is C25H33FN6. The fourth-order valence-electron chi connectivity index (χ4n) is 3.44. The molecule has 170 valence electrons. The number of aliphatic imine (C=N–C) groups is 1. The number of unbranched alkanes of at least 4 members (excludes halogenated alkanes) is 2. The molecule has 32 heavy (non-hydrogen) atoms. The molecule has 4 N–H and O–H groups in total. The second-order valence-electron chi connectivity index (χ2n) is 8.34. The predicted octanol–water partition coefficient (Wildman–Crippen LogP) is 5.07. The number of aromatic nitrogens is 1. The van der Waals surface area contributed by atoms with E-state index in [0.29, 0.717) is 35.3 Å². The molecule has 1 aliphatic heterocycles. The number of nitrogens with zero attached hydrogens (tertiary/aromatic N) is 3. The quantitative estimate of drug-likeness (QED) is 0.479. The van der Waals surface area contributed by atoms with E-state index < -0.39 is 5.67 Å². The summed E-state index contributed by atoms with van der Waals surface area (Å²) in [4.78, 5) is 11.4. The molecule has 0 unspecified atom stereocenters. The van der Waals surface area contributed by atoms with E-state index in [2.05, 4.69) is 29.3 Å². The van der Waals surface area contributed by atoms with Gasteiger partial charge in [-0.3, -0.25) is 0 Å². The van der Waals surface area contributed by atoms with E-state index in [1.54, 1.807) is 19.9 Å². The summed E-state index contributed by atoms with van der Waals surface area (Å²) in [5.41, 5.74) is 13.7. The zero-order chi connectivity index (χ0) is 23.1. The van der Waals surface area contributed by atoms with Crippen molar-refractivity contribution < 1.29 is 4.39 Å². The van der Waals surface area contributed by atoms with Crippen molar-refractivity contribution in [1.82, 2.24) is 15.8 Å². The maximum Gasteiger partial charge on any atom is 0.158 e. The van der Waals surface area contributed by atoms with Gasteiger partial charge in [0.1, 0.15) is 17.3 Å². The highest BCUT2D eigenvalue weighted by Crippen LogP contribution is 2.32. The van der Waals surface area contributed by atoms with E-state index in [9.17, 15) is 4.39 Å². The van der Waals surface area contributed by atoms with Gasteiger partial charge < -0.3 is 16.1 Å². The van der Waals surface area contributed by atoms with Crippen molar-refractivity contribution in [2.75, 3.05) is 23.7 Å². The Morgan fingerprint density at radius 1 is 1.28 bits per heavy atom. The van der Waals surface area contributed by atoms with Crippen LogP contribution in [0.2, 0.25) is 0 Å². The van der Waals surface area contributed by atoms with Gasteiger partial charge in [-0.15, -0.1) is 0 Å². The van der Waals surface area contributed by atoms with Crippen LogP contribution in [0, 0.1) is 0 Å². The predicted molar refractivity (Wildman–Crippen MR) is 132 cm³/mol. The minimum absolute atomic E-state index is 0.541. The van der Waals surface area contributed by atoms with Crippen LogP contribution in [0.15, 0.2) is 65.9 Å². The number of hydrogen-bond donors (Lipinski definition) is 3. The van der Waals surface area contributed by atoms with Crippen molar-refractivity contribution in [3.05, 3.63) is 66.5 Å². The second-order valence-corrected chi connectivity index (χ2v) is 8.34. The third-order valence-corrected chi connectivity index (χ3v) is 5.26. The Balaban J connectivity index is 1.98. The fourth-order valence-corrected chi connectivity index (χ4v) is 3.44. The first-order valence-electron chi connectivity index (χ1n) is 11.1. The van der Waals surface area contributed by atoms with E-state index in [-0.39, 0.29) is 0 Å². The molecular weight excluding hydrogens is 403 g/mol. The number of rotatable bonds is 9. The average Bonchev–Trinajstić information content (AvgIpc) is 2.77. The van der Waals surface area contributed by atoms with Crippen molar-refractivity contribution in [3.63, 3.8) is 0 Å². The standard InChI is InChI=1S/C25H33FN6/c1-5-6-7-16-32(18(2)29-23-12-9-15-28-31-23)24-21(27)13-14-22(30-24)19-10-8-11-20(17-19)25(3,4)26/h8-14,17,28H,2,5-7,15-16,27H2,1,3-4H3,(H,29,31). The lowest BCUT2D eigenvalue weighted by molar-refractivity contribution is 0.221. The molecule has 3 rings (SSSR count). The highest BCUT2D eigenvalue weighted by molar-refractivity contribution is 5.94. The van der Waals surface area contributed by atoms with Crippen LogP contribution < -0.4 is 21.5 Å². The SMILES string of the molecule is C=C(N=C1C=CCNN1)N(CCCCC)c1nc(-c2cccc(C(C)(C)F)c2)ccc1N. The van der Waals surface area contributed by atoms with Gasteiger partial charge >= 0.3 is 0 Å². The topological polar surface area (TPSA) is 78.6 Å². The second kappa shape index (κ2) is 10.4. The molecule has 0 saturated carbocycles. The molecule has 1 aromatic heterocycles. The maximum absolute atomic E-state index is 14.5. The Hall–Kier alpha value is -3.19. The lowest BCUT2D eigenvalue weighted by Crippen LogP contribution is -2.40. The first kappa shape index (κ1) is 23.5. The van der Waals surface area contributed by atoms with Crippen molar-refractivity contribution >= 4 is 17.3 Å². The minimum atomic E-state index is -1.43. The monoisotopic (exact) mass is 436 g/mol. The molecule has 7 heteroatoms. The number of benzene rings is 1. The molecule has 0 bridgehead atoms. The van der Waals surface area contributed by atoms with Crippen LogP contribution in [0.1, 0.15) is 45.6 Å². The third-order valence-electron chi connectivity index (χ3n) is 5.26. The maximum atomic E-state index is 14.5. The van der Waals surface area contributed by atoms with Crippen molar-refractivity contribution in [3.8, 4) is 11.3 Å². The van der Waals surface area contributed by atoms with E-state index in [1.807, 2.05) is 47.4 Å². The van der Waals surface area contributed by atoms with Crippen molar-refractivity contribution in [2.24, 2.45) is 4.99 Å². The normalized spacial score (nSPS) is 14.9. The smallest absolute Gasteiger partial charge is 0.158 e. The number of nitrogens with two attached hydrogens (primary N) is 1. The van der Waals surface area contributed by atoms with E-state index >= 15 is 0 Å². The number of hydrazine groups is 1. The van der Waals surface area contributed by atoms with Gasteiger partial charge in [0.15, 0.2) is 5.82 Å². The summed E-state index contributed by atoms with van der Waals surface area (Å²) < 4.78 is 14.5. The van der Waals surface area contributed by atoms with Crippen LogP contribution in [-0.2, 0) is 5.67 Å². The number of alkyl halides is 1. The molecule has 0 radical (unpaired) electrons. The lowest BCUT2D eigenvalue weighted by atomic mass is 9.97. The molecule has 0 atom stereocenters. The number of nitrogens with one attached hydrogen (secondary N) is 2. The number of nitrogen functional groups attached to an aromatic ring is 1. The highest BCUT2D eigenvalue weighted by atomic mass is 19.1. The highest BCUT2D eigenvalue weighted by Gasteiger charge is 2.20. The van der Waals surface area contributed by atoms with Gasteiger partial charge in [0.2, 0.25) is 0 Å². The van der Waals surface area contributed by atoms with Crippen LogP contribution in [0.4, 0.5) is 15.9 Å². The summed E-state index contributed by atoms with van der Waals surface area (Å²) in [7, 11) is 0. The summed E-state index contributed by atoms with van der Waals surface area (Å²) >= 11 is 0. The van der Waals surface area contributed by atoms with Crippen molar-refractivity contribution in [1.29, 1.82) is 0 Å². The first-order valence-corrected chi connectivity index (χ1v) is 11.1. The molecule has 1 aliphatic rings. The first-order chi connectivity index (χ1) is 15.3. The van der Waals surface area contributed by atoms with Crippen LogP contribution >= 0.6 is 0 Å². The van der Waals surface area contributed by atoms with Gasteiger partial charge in [0.05, 0.1) is 11.4 Å².